The molecular weight excluding hydrogens is 153 g/mol. The lowest BCUT2D eigenvalue weighted by Crippen LogP contribution is -2.19. The average molecular weight is 156 g/mol. The third-order valence-electron chi connectivity index (χ3n) is 0.254. The van der Waals surface area contributed by atoms with Gasteiger partial charge in [-0.1, -0.05) is 0 Å². The molecular formula is CH3Cl2NSi2. The van der Waals surface area contributed by atoms with Gasteiger partial charge in [0.25, 0.3) is 18.0 Å². The Morgan fingerprint density at radius 1 is 1.33 bits per heavy atom. The van der Waals surface area contributed by atoms with Gasteiger partial charge in [0.05, 0.1) is 0 Å². The van der Waals surface area contributed by atoms with E-state index >= 15 is 0 Å². The Hall–Kier alpha value is 0.974. The molecule has 0 amide bonds. The molecule has 0 unspecified atom stereocenters. The van der Waals surface area contributed by atoms with Crippen LogP contribution in [0.4, 0.5) is 0 Å². The highest BCUT2D eigenvalue weighted by molar-refractivity contribution is 7.02. The van der Waals surface area contributed by atoms with Crippen LogP contribution in [0.3, 0.4) is 0 Å². The summed E-state index contributed by atoms with van der Waals surface area (Å²) in [5, 5.41) is 0. The maximum absolute atomic E-state index is 5.33. The van der Waals surface area contributed by atoms with Gasteiger partial charge in [-0.2, -0.15) is 0 Å². The summed E-state index contributed by atoms with van der Waals surface area (Å²) >= 11 is 10.7. The van der Waals surface area contributed by atoms with Crippen molar-refractivity contribution in [2.45, 2.75) is 0 Å². The Bertz CT molecular complexity index is 30.7. The third-order valence-corrected chi connectivity index (χ3v) is 3.80. The lowest BCUT2D eigenvalue weighted by molar-refractivity contribution is 0.878. The van der Waals surface area contributed by atoms with Crippen LogP contribution >= 0.6 is 22.2 Å². The summed E-state index contributed by atoms with van der Waals surface area (Å²) < 4.78 is 1.84. The molecule has 0 aliphatic carbocycles. The van der Waals surface area contributed by atoms with E-state index < -0.39 is 0 Å². The highest BCUT2D eigenvalue weighted by Crippen LogP contribution is 1.79. The van der Waals surface area contributed by atoms with Crippen molar-refractivity contribution >= 4 is 40.1 Å². The average Bonchev–Trinajstić information content (AvgIpc) is 1.65. The molecule has 0 saturated carbocycles. The molecule has 0 aromatic rings. The first-order valence-electron chi connectivity index (χ1n) is 1.27. The Morgan fingerprint density at radius 2 is 1.67 bits per heavy atom. The zero-order chi connectivity index (χ0) is 4.99. The van der Waals surface area contributed by atoms with E-state index in [0.717, 1.165) is 0 Å². The summed E-state index contributed by atoms with van der Waals surface area (Å²) in [7, 11) is 2.51. The third kappa shape index (κ3) is 3.17. The van der Waals surface area contributed by atoms with Crippen molar-refractivity contribution < 1.29 is 0 Å². The van der Waals surface area contributed by atoms with Crippen molar-refractivity contribution in [1.82, 2.24) is 4.23 Å². The van der Waals surface area contributed by atoms with Gasteiger partial charge in [-0.3, -0.25) is 0 Å². The standard InChI is InChI=1S/CH3Cl2NSi2/c1-4(5-2)6-3/h1H3. The SMILES string of the molecule is CN([Si]Cl)[Si]Cl. The topological polar surface area (TPSA) is 3.24 Å². The zero-order valence-electron chi connectivity index (χ0n) is 3.20. The van der Waals surface area contributed by atoms with Crippen molar-refractivity contribution in [3.63, 3.8) is 0 Å². The summed E-state index contributed by atoms with van der Waals surface area (Å²) in [5.41, 5.74) is 0. The molecule has 0 aromatic heterocycles. The van der Waals surface area contributed by atoms with Gasteiger partial charge < -0.3 is 4.23 Å². The summed E-state index contributed by atoms with van der Waals surface area (Å²) in [5.74, 6) is 0. The van der Waals surface area contributed by atoms with Crippen LogP contribution in [0.15, 0.2) is 0 Å². The van der Waals surface area contributed by atoms with E-state index in [1.54, 1.807) is 0 Å². The monoisotopic (exact) mass is 155 g/mol. The van der Waals surface area contributed by atoms with Crippen LogP contribution in [-0.2, 0) is 0 Å². The molecule has 0 aliphatic heterocycles. The summed E-state index contributed by atoms with van der Waals surface area (Å²) in [6, 6.07) is 0. The van der Waals surface area contributed by atoms with Gasteiger partial charge in [0.1, 0.15) is 0 Å². The first-order valence-corrected chi connectivity index (χ1v) is 5.19. The van der Waals surface area contributed by atoms with E-state index in [0.29, 0.717) is 18.0 Å². The van der Waals surface area contributed by atoms with Gasteiger partial charge in [0, 0.05) is 0 Å². The normalized spacial score (nSPS) is 10.0. The Morgan fingerprint density at radius 3 is 1.67 bits per heavy atom. The smallest absolute Gasteiger partial charge is 0.266 e. The number of nitrogens with zero attached hydrogens (tertiary/aromatic N) is 1. The van der Waals surface area contributed by atoms with Gasteiger partial charge >= 0.3 is 0 Å². The van der Waals surface area contributed by atoms with Crippen molar-refractivity contribution in [2.75, 3.05) is 7.05 Å². The number of hydrogen-bond donors (Lipinski definition) is 0. The quantitative estimate of drug-likeness (QED) is 0.415. The molecule has 0 bridgehead atoms. The highest BCUT2D eigenvalue weighted by atomic mass is 35.6. The summed E-state index contributed by atoms with van der Waals surface area (Å²) in [6.45, 7) is 0. The molecule has 0 aliphatic rings. The van der Waals surface area contributed by atoms with Gasteiger partial charge in [-0.25, -0.2) is 0 Å². The fourth-order valence-corrected chi connectivity index (χ4v) is 1.29. The molecule has 0 atom stereocenters. The van der Waals surface area contributed by atoms with E-state index in [4.69, 9.17) is 22.2 Å². The fraction of sp³-hybridized carbons (Fsp3) is 1.00. The molecule has 0 saturated heterocycles. The molecule has 1 nitrogen and oxygen atoms in total. The molecule has 4 radical (unpaired) electrons. The maximum Gasteiger partial charge on any atom is 0.266 e. The Labute approximate surface area is 51.8 Å². The highest BCUT2D eigenvalue weighted by Gasteiger charge is 1.92. The Kier molecular flexibility index (Phi) is 4.81. The van der Waals surface area contributed by atoms with E-state index in [-0.39, 0.29) is 0 Å². The van der Waals surface area contributed by atoms with Crippen LogP contribution in [0, 0.1) is 0 Å². The van der Waals surface area contributed by atoms with Crippen molar-refractivity contribution in [2.24, 2.45) is 0 Å². The molecule has 0 N–H and O–H groups in total. The van der Waals surface area contributed by atoms with Crippen LogP contribution in [0.1, 0.15) is 0 Å². The van der Waals surface area contributed by atoms with E-state index in [2.05, 4.69) is 0 Å². The molecule has 6 heavy (non-hydrogen) atoms. The van der Waals surface area contributed by atoms with Crippen molar-refractivity contribution in [1.29, 1.82) is 0 Å². The van der Waals surface area contributed by atoms with Gasteiger partial charge in [-0.15, -0.1) is 22.2 Å². The molecule has 0 rings (SSSR count). The van der Waals surface area contributed by atoms with Crippen LogP contribution in [0.2, 0.25) is 0 Å². The number of rotatable bonds is 2. The lowest BCUT2D eigenvalue weighted by atomic mass is 11.6. The number of halogens is 2. The minimum atomic E-state index is 0.318. The van der Waals surface area contributed by atoms with Gasteiger partial charge in [0.15, 0.2) is 0 Å². The molecule has 0 heterocycles. The number of hydrogen-bond acceptors (Lipinski definition) is 1. The van der Waals surface area contributed by atoms with Crippen LogP contribution in [0.5, 0.6) is 0 Å². The zero-order valence-corrected chi connectivity index (χ0v) is 6.72. The predicted octanol–water partition coefficient (Wildman–Crippen LogP) is 0.464. The lowest BCUT2D eigenvalue weighted by Gasteiger charge is -1.99. The maximum atomic E-state index is 5.33. The summed E-state index contributed by atoms with van der Waals surface area (Å²) in [6.07, 6.45) is 0. The first kappa shape index (κ1) is 6.97. The van der Waals surface area contributed by atoms with Crippen LogP contribution in [0.25, 0.3) is 0 Å². The second-order valence-electron chi connectivity index (χ2n) is 0.728. The second-order valence-corrected chi connectivity index (χ2v) is 3.87. The molecule has 0 aromatic carbocycles. The van der Waals surface area contributed by atoms with Crippen LogP contribution < -0.4 is 0 Å². The molecule has 34 valence electrons. The minimum Gasteiger partial charge on any atom is -0.325 e. The van der Waals surface area contributed by atoms with Gasteiger partial charge in [0.2, 0.25) is 0 Å². The van der Waals surface area contributed by atoms with E-state index in [1.165, 1.54) is 0 Å². The summed E-state index contributed by atoms with van der Waals surface area (Å²) in [4.78, 5) is 0. The van der Waals surface area contributed by atoms with Crippen molar-refractivity contribution in [3.05, 3.63) is 0 Å². The second kappa shape index (κ2) is 4.14. The minimum absolute atomic E-state index is 0.318. The first-order chi connectivity index (χ1) is 2.81. The van der Waals surface area contributed by atoms with E-state index in [1.807, 2.05) is 11.3 Å². The predicted molar refractivity (Wildman–Crippen MR) is 31.0 cm³/mol. The Balaban J connectivity index is 2.75. The molecule has 0 fully saturated rings. The largest absolute Gasteiger partial charge is 0.325 e. The van der Waals surface area contributed by atoms with Crippen LogP contribution in [-0.4, -0.2) is 29.3 Å². The van der Waals surface area contributed by atoms with E-state index in [9.17, 15) is 0 Å². The fourth-order valence-electron chi connectivity index (χ4n) is 0.0160. The van der Waals surface area contributed by atoms with Crippen molar-refractivity contribution in [3.8, 4) is 0 Å². The molecule has 5 heteroatoms. The van der Waals surface area contributed by atoms with Gasteiger partial charge in [-0.05, 0) is 7.05 Å². The molecule has 0 spiro atoms.